The molecule has 0 radical (unpaired) electrons. The maximum absolute atomic E-state index is 5.89. The molecule has 0 amide bonds. The van der Waals surface area contributed by atoms with Crippen LogP contribution < -0.4 is 16.2 Å². The average Bonchev–Trinajstić information content (AvgIpc) is 2.50. The molecule has 0 atom stereocenters. The number of nitrogens with zero attached hydrogens (tertiary/aromatic N) is 2. The highest BCUT2D eigenvalue weighted by Crippen LogP contribution is 2.24. The lowest BCUT2D eigenvalue weighted by Crippen LogP contribution is -2.04. The molecular weight excluding hydrogens is 276 g/mol. The van der Waals surface area contributed by atoms with Crippen molar-refractivity contribution in [3.8, 4) is 5.75 Å². The van der Waals surface area contributed by atoms with Crippen molar-refractivity contribution in [3.63, 3.8) is 0 Å². The summed E-state index contributed by atoms with van der Waals surface area (Å²) in [6, 6.07) is 6.18. The molecule has 1 heterocycles. The first kappa shape index (κ1) is 15.8. The summed E-state index contributed by atoms with van der Waals surface area (Å²) in [7, 11) is 0. The van der Waals surface area contributed by atoms with Crippen molar-refractivity contribution in [2.45, 2.75) is 26.2 Å². The van der Waals surface area contributed by atoms with Gasteiger partial charge in [0.25, 0.3) is 0 Å². The first-order chi connectivity index (χ1) is 10.6. The number of aryl methyl sites for hydroxylation is 1. The van der Waals surface area contributed by atoms with Crippen molar-refractivity contribution < 1.29 is 4.74 Å². The highest BCUT2D eigenvalue weighted by molar-refractivity contribution is 5.46. The van der Waals surface area contributed by atoms with Crippen molar-refractivity contribution in [1.29, 1.82) is 0 Å². The van der Waals surface area contributed by atoms with E-state index in [0.29, 0.717) is 18.8 Å². The Hall–Kier alpha value is -2.56. The maximum Gasteiger partial charge on any atom is 0.221 e. The van der Waals surface area contributed by atoms with E-state index in [2.05, 4.69) is 29.5 Å². The number of nitrogen functional groups attached to an aromatic ring is 2. The lowest BCUT2D eigenvalue weighted by molar-refractivity contribution is 0.359. The number of hydrogen-bond donors (Lipinski definition) is 2. The first-order valence-corrected chi connectivity index (χ1v) is 7.36. The largest absolute Gasteiger partial charge is 0.489 e. The standard InChI is InChI=1S/C17H22N4O/c1-3-5-13-9-12(6-7-15(13)22-8-4-2)10-14-11-20-17(19)21-16(14)18/h4,6-7,9,11H,2-3,5,8,10H2,1H3,(H4,18,19,20,21). The molecule has 5 nitrogen and oxygen atoms in total. The van der Waals surface area contributed by atoms with Gasteiger partial charge < -0.3 is 16.2 Å². The zero-order valence-electron chi connectivity index (χ0n) is 12.9. The molecule has 0 aliphatic rings. The zero-order chi connectivity index (χ0) is 15.9. The Kier molecular flexibility index (Phi) is 5.36. The molecule has 2 aromatic rings. The van der Waals surface area contributed by atoms with Crippen molar-refractivity contribution >= 4 is 11.8 Å². The summed E-state index contributed by atoms with van der Waals surface area (Å²) in [4.78, 5) is 8.00. The van der Waals surface area contributed by atoms with Gasteiger partial charge in [-0.15, -0.1) is 0 Å². The molecule has 0 bridgehead atoms. The summed E-state index contributed by atoms with van der Waals surface area (Å²) in [5, 5.41) is 0. The van der Waals surface area contributed by atoms with Crippen LogP contribution in [0.2, 0.25) is 0 Å². The van der Waals surface area contributed by atoms with Gasteiger partial charge in [-0.3, -0.25) is 0 Å². The number of hydrogen-bond acceptors (Lipinski definition) is 5. The van der Waals surface area contributed by atoms with Crippen molar-refractivity contribution in [2.24, 2.45) is 0 Å². The molecule has 1 aromatic heterocycles. The maximum atomic E-state index is 5.89. The molecule has 0 unspecified atom stereocenters. The second-order valence-corrected chi connectivity index (χ2v) is 5.11. The fraction of sp³-hybridized carbons (Fsp3) is 0.294. The van der Waals surface area contributed by atoms with Crippen LogP contribution in [0.1, 0.15) is 30.0 Å². The lowest BCUT2D eigenvalue weighted by Gasteiger charge is -2.12. The molecule has 1 aromatic carbocycles. The summed E-state index contributed by atoms with van der Waals surface area (Å²) in [6.45, 7) is 6.34. The van der Waals surface area contributed by atoms with Crippen LogP contribution >= 0.6 is 0 Å². The summed E-state index contributed by atoms with van der Waals surface area (Å²) in [5.74, 6) is 1.53. The van der Waals surface area contributed by atoms with E-state index in [1.165, 1.54) is 5.56 Å². The number of ether oxygens (including phenoxy) is 1. The van der Waals surface area contributed by atoms with Crippen LogP contribution in [0.5, 0.6) is 5.75 Å². The number of aromatic nitrogens is 2. The van der Waals surface area contributed by atoms with Crippen LogP contribution in [-0.2, 0) is 12.8 Å². The number of benzene rings is 1. The van der Waals surface area contributed by atoms with Gasteiger partial charge in [-0.1, -0.05) is 38.1 Å². The summed E-state index contributed by atoms with van der Waals surface area (Å²) < 4.78 is 5.70. The lowest BCUT2D eigenvalue weighted by atomic mass is 10.0. The second kappa shape index (κ2) is 7.45. The summed E-state index contributed by atoms with van der Waals surface area (Å²) in [5.41, 5.74) is 14.6. The predicted octanol–water partition coefficient (Wildman–Crippen LogP) is 2.75. The Morgan fingerprint density at radius 2 is 2.09 bits per heavy atom. The van der Waals surface area contributed by atoms with E-state index in [0.717, 1.165) is 29.7 Å². The van der Waals surface area contributed by atoms with Crippen molar-refractivity contribution in [3.05, 3.63) is 53.7 Å². The van der Waals surface area contributed by atoms with Crippen LogP contribution in [0.15, 0.2) is 37.1 Å². The van der Waals surface area contributed by atoms with Gasteiger partial charge in [-0.25, -0.2) is 4.98 Å². The number of anilines is 2. The van der Waals surface area contributed by atoms with E-state index >= 15 is 0 Å². The third-order valence-electron chi connectivity index (χ3n) is 3.31. The molecule has 5 heteroatoms. The average molecular weight is 298 g/mol. The minimum atomic E-state index is 0.195. The third-order valence-corrected chi connectivity index (χ3v) is 3.31. The van der Waals surface area contributed by atoms with Crippen LogP contribution in [0.4, 0.5) is 11.8 Å². The normalized spacial score (nSPS) is 10.4. The van der Waals surface area contributed by atoms with Crippen molar-refractivity contribution in [2.75, 3.05) is 18.1 Å². The number of nitrogens with two attached hydrogens (primary N) is 2. The van der Waals surface area contributed by atoms with Gasteiger partial charge in [0.05, 0.1) is 0 Å². The minimum Gasteiger partial charge on any atom is -0.489 e. The Bertz CT molecular complexity index is 655. The monoisotopic (exact) mass is 298 g/mol. The Morgan fingerprint density at radius 3 is 2.77 bits per heavy atom. The molecule has 0 saturated carbocycles. The Labute approximate surface area is 131 Å². The highest BCUT2D eigenvalue weighted by atomic mass is 16.5. The SMILES string of the molecule is C=CCOc1ccc(Cc2cnc(N)nc2N)cc1CCC. The molecule has 0 aliphatic carbocycles. The van der Waals surface area contributed by atoms with Crippen molar-refractivity contribution in [1.82, 2.24) is 9.97 Å². The summed E-state index contributed by atoms with van der Waals surface area (Å²) in [6.07, 6.45) is 6.12. The van der Waals surface area contributed by atoms with E-state index in [1.807, 2.05) is 12.1 Å². The van der Waals surface area contributed by atoms with Gasteiger partial charge in [0.1, 0.15) is 18.2 Å². The van der Waals surface area contributed by atoms with E-state index in [9.17, 15) is 0 Å². The molecule has 0 aliphatic heterocycles. The first-order valence-electron chi connectivity index (χ1n) is 7.36. The van der Waals surface area contributed by atoms with Crippen LogP contribution in [0.25, 0.3) is 0 Å². The molecular formula is C17H22N4O. The summed E-state index contributed by atoms with van der Waals surface area (Å²) >= 11 is 0. The minimum absolute atomic E-state index is 0.195. The van der Waals surface area contributed by atoms with Gasteiger partial charge >= 0.3 is 0 Å². The molecule has 0 spiro atoms. The number of rotatable bonds is 7. The molecule has 0 saturated heterocycles. The third kappa shape index (κ3) is 3.97. The highest BCUT2D eigenvalue weighted by Gasteiger charge is 2.08. The fourth-order valence-corrected chi connectivity index (χ4v) is 2.29. The van der Waals surface area contributed by atoms with Gasteiger partial charge in [0, 0.05) is 18.2 Å². The molecule has 2 rings (SSSR count). The second-order valence-electron chi connectivity index (χ2n) is 5.11. The zero-order valence-corrected chi connectivity index (χ0v) is 12.9. The molecule has 0 fully saturated rings. The van der Waals surface area contributed by atoms with Gasteiger partial charge in [-0.05, 0) is 23.6 Å². The van der Waals surface area contributed by atoms with Gasteiger partial charge in [-0.2, -0.15) is 4.98 Å². The Balaban J connectivity index is 2.23. The molecule has 4 N–H and O–H groups in total. The van der Waals surface area contributed by atoms with E-state index < -0.39 is 0 Å². The van der Waals surface area contributed by atoms with E-state index in [-0.39, 0.29) is 5.95 Å². The van der Waals surface area contributed by atoms with E-state index in [4.69, 9.17) is 16.2 Å². The Morgan fingerprint density at radius 1 is 1.27 bits per heavy atom. The van der Waals surface area contributed by atoms with Crippen LogP contribution in [-0.4, -0.2) is 16.6 Å². The fourth-order valence-electron chi connectivity index (χ4n) is 2.29. The van der Waals surface area contributed by atoms with Crippen LogP contribution in [0.3, 0.4) is 0 Å². The van der Waals surface area contributed by atoms with Gasteiger partial charge in [0.2, 0.25) is 5.95 Å². The molecule has 116 valence electrons. The topological polar surface area (TPSA) is 87.0 Å². The quantitative estimate of drug-likeness (QED) is 0.767. The van der Waals surface area contributed by atoms with E-state index in [1.54, 1.807) is 12.3 Å². The van der Waals surface area contributed by atoms with Crippen LogP contribution in [0, 0.1) is 0 Å². The van der Waals surface area contributed by atoms with Gasteiger partial charge in [0.15, 0.2) is 0 Å². The molecule has 22 heavy (non-hydrogen) atoms. The smallest absolute Gasteiger partial charge is 0.221 e. The predicted molar refractivity (Wildman–Crippen MR) is 89.8 cm³/mol.